The lowest BCUT2D eigenvalue weighted by atomic mass is 9.74. The summed E-state index contributed by atoms with van der Waals surface area (Å²) >= 11 is 5.98. The average molecular weight is 285 g/mol. The van der Waals surface area contributed by atoms with Crippen LogP contribution in [0.1, 0.15) is 25.7 Å². The third-order valence-electron chi connectivity index (χ3n) is 3.36. The Hall–Kier alpha value is -1.82. The lowest BCUT2D eigenvalue weighted by Crippen LogP contribution is -2.46. The van der Waals surface area contributed by atoms with Crippen LogP contribution in [-0.2, 0) is 4.79 Å². The van der Waals surface area contributed by atoms with Gasteiger partial charge in [-0.2, -0.15) is 0 Å². The van der Waals surface area contributed by atoms with E-state index >= 15 is 0 Å². The second-order valence-corrected chi connectivity index (χ2v) is 5.16. The highest BCUT2D eigenvalue weighted by Gasteiger charge is 2.39. The van der Waals surface area contributed by atoms with Crippen LogP contribution in [0.25, 0.3) is 0 Å². The molecule has 2 rings (SSSR count). The van der Waals surface area contributed by atoms with Gasteiger partial charge in [-0.15, -0.1) is 0 Å². The van der Waals surface area contributed by atoms with Gasteiger partial charge >= 0.3 is 5.97 Å². The van der Waals surface area contributed by atoms with E-state index in [-0.39, 0.29) is 17.1 Å². The van der Waals surface area contributed by atoms with Crippen molar-refractivity contribution in [3.8, 4) is 0 Å². The number of carbonyl (C=O) groups is 1. The molecule has 1 aromatic rings. The summed E-state index contributed by atoms with van der Waals surface area (Å²) in [7, 11) is 0. The number of nitro benzene ring substituents is 1. The van der Waals surface area contributed by atoms with Gasteiger partial charge in [-0.1, -0.05) is 11.6 Å². The fraction of sp³-hybridized carbons (Fsp3) is 0.417. The summed E-state index contributed by atoms with van der Waals surface area (Å²) in [6.45, 7) is 0. The number of halogens is 1. The Bertz CT molecular complexity index is 528. The number of carboxylic acids is 1. The molecule has 0 atom stereocenters. The van der Waals surface area contributed by atoms with E-state index in [0.29, 0.717) is 5.69 Å². The highest BCUT2D eigenvalue weighted by molar-refractivity contribution is 6.33. The maximum absolute atomic E-state index is 10.9. The summed E-state index contributed by atoms with van der Waals surface area (Å²) in [4.78, 5) is 21.0. The number of benzene rings is 1. The van der Waals surface area contributed by atoms with E-state index in [1.807, 2.05) is 0 Å². The highest BCUT2D eigenvalue weighted by Crippen LogP contribution is 2.40. The van der Waals surface area contributed by atoms with Gasteiger partial charge in [0.2, 0.25) is 0 Å². The molecule has 0 unspecified atom stereocenters. The van der Waals surface area contributed by atoms with Crippen LogP contribution in [-0.4, -0.2) is 21.5 Å². The van der Waals surface area contributed by atoms with Crippen molar-refractivity contribution in [3.63, 3.8) is 0 Å². The molecule has 1 fully saturated rings. The standard InChI is InChI=1S/C12H13ClN2O4/c13-9-6-8(15(18)19)2-3-10(9)14-12(4-1-5-12)7-11(16)17/h2-3,6,14H,1,4-5,7H2,(H,16,17). The predicted molar refractivity (Wildman–Crippen MR) is 70.6 cm³/mol. The number of hydrogen-bond donors (Lipinski definition) is 2. The van der Waals surface area contributed by atoms with E-state index in [9.17, 15) is 14.9 Å². The monoisotopic (exact) mass is 284 g/mol. The van der Waals surface area contributed by atoms with Gasteiger partial charge in [-0.25, -0.2) is 0 Å². The molecule has 0 spiro atoms. The molecule has 7 heteroatoms. The first-order chi connectivity index (χ1) is 8.92. The molecule has 0 heterocycles. The van der Waals surface area contributed by atoms with Crippen molar-refractivity contribution >= 4 is 28.9 Å². The van der Waals surface area contributed by atoms with Crippen LogP contribution in [0.3, 0.4) is 0 Å². The third kappa shape index (κ3) is 2.96. The second-order valence-electron chi connectivity index (χ2n) is 4.75. The molecule has 0 aromatic heterocycles. The fourth-order valence-corrected chi connectivity index (χ4v) is 2.47. The number of non-ortho nitro benzene ring substituents is 1. The smallest absolute Gasteiger partial charge is 0.305 e. The van der Waals surface area contributed by atoms with Crippen LogP contribution in [0, 0.1) is 10.1 Å². The van der Waals surface area contributed by atoms with Crippen LogP contribution in [0.15, 0.2) is 18.2 Å². The molecule has 6 nitrogen and oxygen atoms in total. The zero-order chi connectivity index (χ0) is 14.0. The Balaban J connectivity index is 2.18. The van der Waals surface area contributed by atoms with Gasteiger partial charge in [0.15, 0.2) is 0 Å². The molecular weight excluding hydrogens is 272 g/mol. The summed E-state index contributed by atoms with van der Waals surface area (Å²) in [5, 5.41) is 22.9. The molecule has 2 N–H and O–H groups in total. The summed E-state index contributed by atoms with van der Waals surface area (Å²) in [6.07, 6.45) is 2.49. The molecule has 1 aliphatic carbocycles. The SMILES string of the molecule is O=C(O)CC1(Nc2ccc([N+](=O)[O-])cc2Cl)CCC1. The van der Waals surface area contributed by atoms with Crippen molar-refractivity contribution in [3.05, 3.63) is 33.3 Å². The highest BCUT2D eigenvalue weighted by atomic mass is 35.5. The van der Waals surface area contributed by atoms with Gasteiger partial charge in [-0.05, 0) is 25.3 Å². The summed E-state index contributed by atoms with van der Waals surface area (Å²) in [5.74, 6) is -0.870. The molecule has 1 aliphatic rings. The lowest BCUT2D eigenvalue weighted by molar-refractivity contribution is -0.384. The van der Waals surface area contributed by atoms with Crippen LogP contribution in [0.5, 0.6) is 0 Å². The molecule has 1 aromatic carbocycles. The number of carboxylic acid groups (broad SMARTS) is 1. The quantitative estimate of drug-likeness (QED) is 0.640. The largest absolute Gasteiger partial charge is 0.481 e. The van der Waals surface area contributed by atoms with Crippen molar-refractivity contribution < 1.29 is 14.8 Å². The van der Waals surface area contributed by atoms with Crippen LogP contribution in [0.4, 0.5) is 11.4 Å². The van der Waals surface area contributed by atoms with Gasteiger partial charge in [0, 0.05) is 17.7 Å². The molecule has 0 radical (unpaired) electrons. The number of rotatable bonds is 5. The molecule has 0 saturated heterocycles. The van der Waals surface area contributed by atoms with Gasteiger partial charge in [0.25, 0.3) is 5.69 Å². The van der Waals surface area contributed by atoms with E-state index in [0.717, 1.165) is 19.3 Å². The Morgan fingerprint density at radius 2 is 2.21 bits per heavy atom. The number of aliphatic carboxylic acids is 1. The Morgan fingerprint density at radius 3 is 2.63 bits per heavy atom. The average Bonchev–Trinajstić information content (AvgIpc) is 2.27. The lowest BCUT2D eigenvalue weighted by Gasteiger charge is -2.42. The summed E-state index contributed by atoms with van der Waals surface area (Å²) in [5.41, 5.74) is -0.0318. The first kappa shape index (κ1) is 13.6. The summed E-state index contributed by atoms with van der Waals surface area (Å²) < 4.78 is 0. The van der Waals surface area contributed by atoms with E-state index in [1.165, 1.54) is 18.2 Å². The minimum atomic E-state index is -0.870. The Labute approximate surface area is 114 Å². The zero-order valence-electron chi connectivity index (χ0n) is 10.1. The van der Waals surface area contributed by atoms with E-state index < -0.39 is 16.4 Å². The number of nitrogens with one attached hydrogen (secondary N) is 1. The molecular formula is C12H13ClN2O4. The minimum absolute atomic E-state index is 0.0142. The van der Waals surface area contributed by atoms with Gasteiger partial charge in [0.05, 0.1) is 22.1 Å². The molecule has 0 aliphatic heterocycles. The van der Waals surface area contributed by atoms with E-state index in [2.05, 4.69) is 5.32 Å². The van der Waals surface area contributed by atoms with Gasteiger partial charge < -0.3 is 10.4 Å². The fourth-order valence-electron chi connectivity index (χ4n) is 2.24. The molecule has 19 heavy (non-hydrogen) atoms. The van der Waals surface area contributed by atoms with E-state index in [4.69, 9.17) is 16.7 Å². The molecule has 1 saturated carbocycles. The number of hydrogen-bond acceptors (Lipinski definition) is 4. The molecule has 102 valence electrons. The van der Waals surface area contributed by atoms with Crippen molar-refractivity contribution in [1.82, 2.24) is 0 Å². The van der Waals surface area contributed by atoms with Crippen molar-refractivity contribution in [2.24, 2.45) is 0 Å². The van der Waals surface area contributed by atoms with Crippen molar-refractivity contribution in [2.45, 2.75) is 31.2 Å². The second kappa shape index (κ2) is 5.05. The maximum atomic E-state index is 10.9. The number of nitro groups is 1. The van der Waals surface area contributed by atoms with Crippen LogP contribution >= 0.6 is 11.6 Å². The van der Waals surface area contributed by atoms with Crippen molar-refractivity contribution in [2.75, 3.05) is 5.32 Å². The van der Waals surface area contributed by atoms with Gasteiger partial charge in [-0.3, -0.25) is 14.9 Å². The number of anilines is 1. The van der Waals surface area contributed by atoms with Crippen molar-refractivity contribution in [1.29, 1.82) is 0 Å². The maximum Gasteiger partial charge on any atom is 0.305 e. The topological polar surface area (TPSA) is 92.5 Å². The number of nitrogens with zero attached hydrogens (tertiary/aromatic N) is 1. The molecule has 0 bridgehead atoms. The first-order valence-electron chi connectivity index (χ1n) is 5.86. The zero-order valence-corrected chi connectivity index (χ0v) is 10.8. The third-order valence-corrected chi connectivity index (χ3v) is 3.68. The van der Waals surface area contributed by atoms with Crippen LogP contribution < -0.4 is 5.32 Å². The van der Waals surface area contributed by atoms with Crippen LogP contribution in [0.2, 0.25) is 5.02 Å². The Morgan fingerprint density at radius 1 is 1.53 bits per heavy atom. The van der Waals surface area contributed by atoms with Gasteiger partial charge in [0.1, 0.15) is 0 Å². The Kier molecular flexibility index (Phi) is 3.61. The summed E-state index contributed by atoms with van der Waals surface area (Å²) in [6, 6.07) is 4.13. The van der Waals surface area contributed by atoms with E-state index in [1.54, 1.807) is 0 Å². The normalized spacial score (nSPS) is 16.5. The molecule has 0 amide bonds. The minimum Gasteiger partial charge on any atom is -0.481 e. The first-order valence-corrected chi connectivity index (χ1v) is 6.24. The predicted octanol–water partition coefficient (Wildman–Crippen LogP) is 3.06.